The average Bonchev–Trinajstić information content (AvgIpc) is 2.73. The number of benzene rings is 3. The van der Waals surface area contributed by atoms with Gasteiger partial charge >= 0.3 is 0 Å². The summed E-state index contributed by atoms with van der Waals surface area (Å²) in [6, 6.07) is 24.9. The number of phenols is 1. The van der Waals surface area contributed by atoms with Crippen LogP contribution in [0.5, 0.6) is 11.5 Å². The molecule has 0 heterocycles. The van der Waals surface area contributed by atoms with Gasteiger partial charge in [0.1, 0.15) is 18.1 Å². The van der Waals surface area contributed by atoms with Gasteiger partial charge in [-0.05, 0) is 73.1 Å². The van der Waals surface area contributed by atoms with Crippen LogP contribution in [0, 0.1) is 0 Å². The zero-order valence-corrected chi connectivity index (χ0v) is 17.7. The van der Waals surface area contributed by atoms with Crippen molar-refractivity contribution in [3.05, 3.63) is 95.6 Å². The number of aliphatic hydroxyl groups is 1. The molecule has 0 saturated carbocycles. The monoisotopic (exact) mass is 403 g/mol. The summed E-state index contributed by atoms with van der Waals surface area (Å²) < 4.78 is 5.83. The predicted molar refractivity (Wildman–Crippen MR) is 123 cm³/mol. The molecule has 1 atom stereocenters. The first-order chi connectivity index (χ1) is 14.5. The summed E-state index contributed by atoms with van der Waals surface area (Å²) >= 11 is 0. The SMILES string of the molecule is CC(O)/C(=C(\c1ccc(O)cc1)c1ccc(OCCN(C)C)cc1)c1ccccc1. The highest BCUT2D eigenvalue weighted by Crippen LogP contribution is 2.35. The molecule has 0 spiro atoms. The zero-order valence-electron chi connectivity index (χ0n) is 17.7. The van der Waals surface area contributed by atoms with Crippen LogP contribution in [0.25, 0.3) is 11.1 Å². The van der Waals surface area contributed by atoms with Gasteiger partial charge in [-0.1, -0.05) is 54.6 Å². The van der Waals surface area contributed by atoms with Crippen molar-refractivity contribution in [1.82, 2.24) is 4.90 Å². The Kier molecular flexibility index (Phi) is 7.28. The van der Waals surface area contributed by atoms with Gasteiger partial charge in [0.2, 0.25) is 0 Å². The molecule has 4 heteroatoms. The van der Waals surface area contributed by atoms with E-state index in [4.69, 9.17) is 4.74 Å². The maximum absolute atomic E-state index is 10.7. The molecular formula is C26H29NO3. The van der Waals surface area contributed by atoms with E-state index in [0.717, 1.165) is 40.1 Å². The summed E-state index contributed by atoms with van der Waals surface area (Å²) in [6.07, 6.45) is -0.674. The molecule has 30 heavy (non-hydrogen) atoms. The van der Waals surface area contributed by atoms with Crippen LogP contribution >= 0.6 is 0 Å². The summed E-state index contributed by atoms with van der Waals surface area (Å²) in [6.45, 7) is 3.25. The van der Waals surface area contributed by atoms with E-state index in [1.165, 1.54) is 0 Å². The Morgan fingerprint density at radius 2 is 1.40 bits per heavy atom. The normalized spacial score (nSPS) is 13.1. The van der Waals surface area contributed by atoms with Crippen LogP contribution in [0.1, 0.15) is 23.6 Å². The molecule has 0 saturated heterocycles. The number of aromatic hydroxyl groups is 1. The smallest absolute Gasteiger partial charge is 0.119 e. The molecule has 3 aromatic rings. The molecule has 156 valence electrons. The minimum absolute atomic E-state index is 0.209. The van der Waals surface area contributed by atoms with Crippen LogP contribution in [0.4, 0.5) is 0 Å². The Morgan fingerprint density at radius 3 is 1.93 bits per heavy atom. The van der Waals surface area contributed by atoms with E-state index in [-0.39, 0.29) is 5.75 Å². The molecule has 0 amide bonds. The lowest BCUT2D eigenvalue weighted by atomic mass is 9.87. The predicted octanol–water partition coefficient (Wildman–Crippen LogP) is 4.67. The van der Waals surface area contributed by atoms with Crippen molar-refractivity contribution in [2.24, 2.45) is 0 Å². The lowest BCUT2D eigenvalue weighted by molar-refractivity contribution is 0.253. The van der Waals surface area contributed by atoms with Crippen molar-refractivity contribution in [3.63, 3.8) is 0 Å². The highest BCUT2D eigenvalue weighted by Gasteiger charge is 2.18. The van der Waals surface area contributed by atoms with E-state index in [2.05, 4.69) is 4.90 Å². The maximum Gasteiger partial charge on any atom is 0.119 e. The maximum atomic E-state index is 10.7. The Labute approximate surface area is 178 Å². The first-order valence-corrected chi connectivity index (χ1v) is 10.1. The summed E-state index contributed by atoms with van der Waals surface area (Å²) in [7, 11) is 4.03. The van der Waals surface area contributed by atoms with Gasteiger partial charge in [-0.3, -0.25) is 0 Å². The van der Waals surface area contributed by atoms with Crippen molar-refractivity contribution in [3.8, 4) is 11.5 Å². The fraction of sp³-hybridized carbons (Fsp3) is 0.231. The molecule has 0 bridgehead atoms. The van der Waals surface area contributed by atoms with E-state index >= 15 is 0 Å². The molecule has 4 nitrogen and oxygen atoms in total. The summed E-state index contributed by atoms with van der Waals surface area (Å²) in [5.74, 6) is 1.02. The number of ether oxygens (including phenoxy) is 1. The van der Waals surface area contributed by atoms with Crippen LogP contribution in [-0.2, 0) is 0 Å². The Morgan fingerprint density at radius 1 is 0.833 bits per heavy atom. The fourth-order valence-electron chi connectivity index (χ4n) is 3.38. The zero-order chi connectivity index (χ0) is 21.5. The van der Waals surface area contributed by atoms with Crippen molar-refractivity contribution < 1.29 is 14.9 Å². The summed E-state index contributed by atoms with van der Waals surface area (Å²) in [5.41, 5.74) is 4.62. The quantitative estimate of drug-likeness (QED) is 0.537. The molecule has 0 radical (unpaired) electrons. The average molecular weight is 404 g/mol. The molecule has 3 rings (SSSR count). The third kappa shape index (κ3) is 5.50. The lowest BCUT2D eigenvalue weighted by Crippen LogP contribution is -2.19. The molecule has 1 unspecified atom stereocenters. The molecule has 2 N–H and O–H groups in total. The molecule has 0 aliphatic carbocycles. The third-order valence-electron chi connectivity index (χ3n) is 4.88. The van der Waals surface area contributed by atoms with Gasteiger partial charge in [0.15, 0.2) is 0 Å². The van der Waals surface area contributed by atoms with Gasteiger partial charge in [-0.2, -0.15) is 0 Å². The second kappa shape index (κ2) is 10.1. The number of rotatable bonds is 8. The second-order valence-electron chi connectivity index (χ2n) is 7.55. The molecule has 0 aliphatic heterocycles. The van der Waals surface area contributed by atoms with E-state index < -0.39 is 6.10 Å². The number of hydrogen-bond donors (Lipinski definition) is 2. The van der Waals surface area contributed by atoms with Crippen LogP contribution in [0.2, 0.25) is 0 Å². The summed E-state index contributed by atoms with van der Waals surface area (Å²) in [5, 5.41) is 20.4. The fourth-order valence-corrected chi connectivity index (χ4v) is 3.38. The second-order valence-corrected chi connectivity index (χ2v) is 7.55. The molecule has 3 aromatic carbocycles. The largest absolute Gasteiger partial charge is 0.508 e. The Bertz CT molecular complexity index is 959. The van der Waals surface area contributed by atoms with Gasteiger partial charge in [0.05, 0.1) is 6.10 Å². The first-order valence-electron chi connectivity index (χ1n) is 10.1. The minimum atomic E-state index is -0.674. The number of likely N-dealkylation sites (N-methyl/N-ethyl adjacent to an activating group) is 1. The molecular weight excluding hydrogens is 374 g/mol. The van der Waals surface area contributed by atoms with Gasteiger partial charge in [0.25, 0.3) is 0 Å². The highest BCUT2D eigenvalue weighted by atomic mass is 16.5. The highest BCUT2D eigenvalue weighted by molar-refractivity contribution is 5.99. The first kappa shape index (κ1) is 21.6. The number of nitrogens with zero attached hydrogens (tertiary/aromatic N) is 1. The summed E-state index contributed by atoms with van der Waals surface area (Å²) in [4.78, 5) is 2.08. The number of phenolic OH excluding ortho intramolecular Hbond substituents is 1. The standard InChI is InChI=1S/C26H29NO3/c1-19(28)25(20-7-5-4-6-8-20)26(21-9-13-23(29)14-10-21)22-11-15-24(16-12-22)30-18-17-27(2)3/h4-16,19,28-29H,17-18H2,1-3H3/b26-25-. The van der Waals surface area contributed by atoms with Crippen LogP contribution in [-0.4, -0.2) is 48.5 Å². The van der Waals surface area contributed by atoms with E-state index in [0.29, 0.717) is 6.61 Å². The molecule has 0 fully saturated rings. The van der Waals surface area contributed by atoms with E-state index in [1.807, 2.05) is 80.8 Å². The van der Waals surface area contributed by atoms with Gasteiger partial charge < -0.3 is 19.8 Å². The van der Waals surface area contributed by atoms with Crippen LogP contribution in [0.3, 0.4) is 0 Å². The van der Waals surface area contributed by atoms with Gasteiger partial charge in [0, 0.05) is 6.54 Å². The number of aliphatic hydroxyl groups excluding tert-OH is 1. The van der Waals surface area contributed by atoms with Crippen LogP contribution < -0.4 is 4.74 Å². The topological polar surface area (TPSA) is 52.9 Å². The van der Waals surface area contributed by atoms with Gasteiger partial charge in [-0.15, -0.1) is 0 Å². The Hall–Kier alpha value is -3.08. The van der Waals surface area contributed by atoms with Crippen molar-refractivity contribution in [2.75, 3.05) is 27.2 Å². The lowest BCUT2D eigenvalue weighted by Gasteiger charge is -2.20. The number of hydrogen-bond acceptors (Lipinski definition) is 4. The van der Waals surface area contributed by atoms with E-state index in [1.54, 1.807) is 19.1 Å². The molecule has 0 aliphatic rings. The third-order valence-corrected chi connectivity index (χ3v) is 4.88. The van der Waals surface area contributed by atoms with Crippen molar-refractivity contribution in [1.29, 1.82) is 0 Å². The van der Waals surface area contributed by atoms with E-state index in [9.17, 15) is 10.2 Å². The van der Waals surface area contributed by atoms with Gasteiger partial charge in [-0.25, -0.2) is 0 Å². The van der Waals surface area contributed by atoms with Crippen molar-refractivity contribution >= 4 is 11.1 Å². The molecule has 0 aromatic heterocycles. The van der Waals surface area contributed by atoms with Crippen LogP contribution in [0.15, 0.2) is 78.9 Å². The van der Waals surface area contributed by atoms with Crippen molar-refractivity contribution in [2.45, 2.75) is 13.0 Å². The minimum Gasteiger partial charge on any atom is -0.508 e. The Balaban J connectivity index is 2.07.